The van der Waals surface area contributed by atoms with Gasteiger partial charge in [0.05, 0.1) is 6.61 Å². The van der Waals surface area contributed by atoms with Crippen LogP contribution in [0.2, 0.25) is 0 Å². The van der Waals surface area contributed by atoms with Crippen LogP contribution in [-0.4, -0.2) is 26.1 Å². The van der Waals surface area contributed by atoms with Gasteiger partial charge in [0.2, 0.25) is 0 Å². The van der Waals surface area contributed by atoms with Gasteiger partial charge in [-0.3, -0.25) is 0 Å². The smallest absolute Gasteiger partial charge is 0.127 e. The van der Waals surface area contributed by atoms with Crippen LogP contribution in [0.25, 0.3) is 10.8 Å². The Labute approximate surface area is 246 Å². The highest BCUT2D eigenvalue weighted by Crippen LogP contribution is 2.25. The van der Waals surface area contributed by atoms with Gasteiger partial charge in [-0.25, -0.2) is 0 Å². The van der Waals surface area contributed by atoms with Crippen LogP contribution in [0.5, 0.6) is 5.75 Å². The molecule has 2 rings (SSSR count). The molecule has 0 aliphatic heterocycles. The van der Waals surface area contributed by atoms with Crippen LogP contribution >= 0.6 is 0 Å². The Morgan fingerprint density at radius 2 is 0.900 bits per heavy atom. The molecule has 0 heterocycles. The van der Waals surface area contributed by atoms with Crippen molar-refractivity contribution in [2.45, 2.75) is 148 Å². The van der Waals surface area contributed by atoms with Crippen molar-refractivity contribution < 1.29 is 14.3 Å². The summed E-state index contributed by atoms with van der Waals surface area (Å²) in [5, 5.41) is 2.39. The molecular formula is C37H60O3. The zero-order valence-electron chi connectivity index (χ0n) is 25.7. The van der Waals surface area contributed by atoms with Gasteiger partial charge in [0.15, 0.2) is 0 Å². The molecule has 0 bridgehead atoms. The number of fused-ring (bicyclic) bond motifs is 1. The molecule has 0 N–H and O–H groups in total. The second kappa shape index (κ2) is 26.1. The van der Waals surface area contributed by atoms with Crippen molar-refractivity contribution >= 4 is 17.1 Å². The Morgan fingerprint density at radius 1 is 0.450 bits per heavy atom. The molecule has 0 atom stereocenters. The fourth-order valence-corrected chi connectivity index (χ4v) is 5.60. The van der Waals surface area contributed by atoms with Crippen molar-refractivity contribution in [3.8, 4) is 5.75 Å². The molecule has 3 nitrogen and oxygen atoms in total. The van der Waals surface area contributed by atoms with E-state index in [0.29, 0.717) is 13.2 Å². The molecule has 2 aromatic rings. The fourth-order valence-electron chi connectivity index (χ4n) is 5.60. The first-order valence-electron chi connectivity index (χ1n) is 17.0. The van der Waals surface area contributed by atoms with Crippen molar-refractivity contribution in [1.29, 1.82) is 0 Å². The van der Waals surface area contributed by atoms with Gasteiger partial charge in [-0.05, 0) is 24.3 Å². The number of ether oxygens (including phenoxy) is 2. The van der Waals surface area contributed by atoms with Gasteiger partial charge in [-0.2, -0.15) is 0 Å². The molecule has 0 saturated carbocycles. The van der Waals surface area contributed by atoms with Gasteiger partial charge in [0, 0.05) is 18.4 Å². The number of carbonyl (C=O) groups excluding carboxylic acids is 1. The molecule has 0 aromatic heterocycles. The van der Waals surface area contributed by atoms with E-state index < -0.39 is 0 Å². The van der Waals surface area contributed by atoms with Crippen LogP contribution in [0.3, 0.4) is 0 Å². The number of hydrogen-bond acceptors (Lipinski definition) is 3. The molecule has 40 heavy (non-hydrogen) atoms. The zero-order chi connectivity index (χ0) is 28.2. The highest BCUT2D eigenvalue weighted by molar-refractivity contribution is 5.88. The van der Waals surface area contributed by atoms with E-state index in [1.807, 2.05) is 6.07 Å². The normalized spacial score (nSPS) is 11.3. The minimum Gasteiger partial charge on any atom is -0.491 e. The summed E-state index contributed by atoms with van der Waals surface area (Å²) in [6, 6.07) is 14.6. The summed E-state index contributed by atoms with van der Waals surface area (Å²) in [7, 11) is 0. The standard InChI is InChI=1S/C37H60O3/c38-31-24-20-18-16-14-12-10-8-6-4-2-1-3-5-7-9-11-13-15-17-19-21-25-32-39-33-34-40-37-30-26-28-35-27-22-23-29-36(35)37/h22-23,26-31H,1-21,24-25,32-34H2. The van der Waals surface area contributed by atoms with Gasteiger partial charge >= 0.3 is 0 Å². The lowest BCUT2D eigenvalue weighted by Crippen LogP contribution is -2.07. The molecule has 0 radical (unpaired) electrons. The molecule has 0 unspecified atom stereocenters. The first-order valence-corrected chi connectivity index (χ1v) is 17.0. The third kappa shape index (κ3) is 18.5. The number of rotatable bonds is 29. The van der Waals surface area contributed by atoms with E-state index >= 15 is 0 Å². The summed E-state index contributed by atoms with van der Waals surface area (Å²) >= 11 is 0. The Balaban J connectivity index is 1.21. The van der Waals surface area contributed by atoms with Crippen molar-refractivity contribution in [3.05, 3.63) is 42.5 Å². The van der Waals surface area contributed by atoms with Gasteiger partial charge in [0.25, 0.3) is 0 Å². The van der Waals surface area contributed by atoms with Crippen LogP contribution in [-0.2, 0) is 9.53 Å². The molecule has 0 saturated heterocycles. The monoisotopic (exact) mass is 552 g/mol. The van der Waals surface area contributed by atoms with Crippen molar-refractivity contribution in [1.82, 2.24) is 0 Å². The molecular weight excluding hydrogens is 492 g/mol. The zero-order valence-corrected chi connectivity index (χ0v) is 25.7. The number of hydrogen-bond donors (Lipinski definition) is 0. The molecule has 3 heteroatoms. The molecule has 0 amide bonds. The highest BCUT2D eigenvalue weighted by Gasteiger charge is 2.01. The lowest BCUT2D eigenvalue weighted by molar-refractivity contribution is -0.107. The molecule has 2 aromatic carbocycles. The average molecular weight is 553 g/mol. The average Bonchev–Trinajstić information content (AvgIpc) is 2.98. The summed E-state index contributed by atoms with van der Waals surface area (Å²) in [4.78, 5) is 10.3. The second-order valence-electron chi connectivity index (χ2n) is 11.7. The number of benzene rings is 2. The van der Waals surface area contributed by atoms with E-state index in [0.717, 1.165) is 31.5 Å². The van der Waals surface area contributed by atoms with E-state index in [2.05, 4.69) is 36.4 Å². The predicted octanol–water partition coefficient (Wildman–Crippen LogP) is 11.4. The maximum Gasteiger partial charge on any atom is 0.127 e. The SMILES string of the molecule is O=CCCCCCCCCCCCCCCCCCCCCCCCCOCCOc1cccc2ccccc12. The van der Waals surface area contributed by atoms with Crippen LogP contribution in [0.15, 0.2) is 42.5 Å². The molecule has 226 valence electrons. The topological polar surface area (TPSA) is 35.5 Å². The Kier molecular flexibility index (Phi) is 22.4. The van der Waals surface area contributed by atoms with E-state index in [-0.39, 0.29) is 0 Å². The Hall–Kier alpha value is -1.87. The van der Waals surface area contributed by atoms with Crippen molar-refractivity contribution in [2.75, 3.05) is 19.8 Å². The molecule has 0 fully saturated rings. The fraction of sp³-hybridized carbons (Fsp3) is 0.703. The van der Waals surface area contributed by atoms with Crippen molar-refractivity contribution in [2.24, 2.45) is 0 Å². The second-order valence-corrected chi connectivity index (χ2v) is 11.7. The molecule has 0 aliphatic carbocycles. The van der Waals surface area contributed by atoms with Crippen LogP contribution in [0, 0.1) is 0 Å². The third-order valence-electron chi connectivity index (χ3n) is 8.10. The van der Waals surface area contributed by atoms with Crippen molar-refractivity contribution in [3.63, 3.8) is 0 Å². The Bertz CT molecular complexity index is 828. The van der Waals surface area contributed by atoms with Gasteiger partial charge in [-0.1, -0.05) is 165 Å². The quantitative estimate of drug-likeness (QED) is 0.0743. The van der Waals surface area contributed by atoms with Gasteiger partial charge in [-0.15, -0.1) is 0 Å². The maximum atomic E-state index is 10.3. The van der Waals surface area contributed by atoms with Gasteiger partial charge < -0.3 is 14.3 Å². The van der Waals surface area contributed by atoms with Crippen LogP contribution < -0.4 is 4.74 Å². The molecule has 0 spiro atoms. The maximum absolute atomic E-state index is 10.3. The van der Waals surface area contributed by atoms with Crippen LogP contribution in [0.1, 0.15) is 148 Å². The minimum atomic E-state index is 0.612. The minimum absolute atomic E-state index is 0.612. The van der Waals surface area contributed by atoms with E-state index in [1.165, 1.54) is 146 Å². The number of carbonyl (C=O) groups is 1. The summed E-state index contributed by atoms with van der Waals surface area (Å²) < 4.78 is 11.7. The first kappa shape index (κ1) is 34.3. The number of unbranched alkanes of at least 4 members (excludes halogenated alkanes) is 22. The lowest BCUT2D eigenvalue weighted by atomic mass is 10.0. The summed E-state index contributed by atoms with van der Waals surface area (Å²) in [5.41, 5.74) is 0. The Morgan fingerprint density at radius 3 is 1.43 bits per heavy atom. The summed E-state index contributed by atoms with van der Waals surface area (Å²) in [5.74, 6) is 0.949. The summed E-state index contributed by atoms with van der Waals surface area (Å²) in [6.45, 7) is 2.13. The first-order chi connectivity index (χ1) is 19.9. The lowest BCUT2D eigenvalue weighted by Gasteiger charge is -2.10. The van der Waals surface area contributed by atoms with Gasteiger partial charge in [0.1, 0.15) is 18.6 Å². The highest BCUT2D eigenvalue weighted by atomic mass is 16.5. The van der Waals surface area contributed by atoms with E-state index in [4.69, 9.17) is 9.47 Å². The largest absolute Gasteiger partial charge is 0.491 e. The number of aldehydes is 1. The van der Waals surface area contributed by atoms with Crippen LogP contribution in [0.4, 0.5) is 0 Å². The predicted molar refractivity (Wildman–Crippen MR) is 173 cm³/mol. The van der Waals surface area contributed by atoms with E-state index in [1.54, 1.807) is 0 Å². The summed E-state index contributed by atoms with van der Waals surface area (Å²) in [6.07, 6.45) is 32.0. The van der Waals surface area contributed by atoms with E-state index in [9.17, 15) is 4.79 Å². The third-order valence-corrected chi connectivity index (χ3v) is 8.10. The molecule has 0 aliphatic rings.